The number of allylic oxidation sites excluding steroid dienone is 7. The van der Waals surface area contributed by atoms with Crippen LogP contribution in [0.25, 0.3) is 0 Å². The lowest BCUT2D eigenvalue weighted by Crippen LogP contribution is -2.60. The maximum absolute atomic E-state index is 13.1. The Labute approximate surface area is 618 Å². The van der Waals surface area contributed by atoms with Crippen LogP contribution in [0.1, 0.15) is 444 Å². The fourth-order valence-electron chi connectivity index (χ4n) is 14.1. The van der Waals surface area contributed by atoms with E-state index in [2.05, 4.69) is 55.6 Å². The smallest absolute Gasteiger partial charge is 0.305 e. The Morgan fingerprint density at radius 2 is 0.670 bits per heavy atom. The Bertz CT molecular complexity index is 1800. The minimum Gasteiger partial charge on any atom is -0.466 e. The van der Waals surface area contributed by atoms with Gasteiger partial charge in [-0.25, -0.2) is 0 Å². The molecule has 0 saturated carbocycles. The molecule has 1 aliphatic rings. The Kier molecular flexibility index (Phi) is 74.3. The third-order valence-electron chi connectivity index (χ3n) is 20.9. The highest BCUT2D eigenvalue weighted by Crippen LogP contribution is 2.24. The summed E-state index contributed by atoms with van der Waals surface area (Å²) in [5.74, 6) is -0.160. The van der Waals surface area contributed by atoms with Crippen molar-refractivity contribution in [3.63, 3.8) is 0 Å². The lowest BCUT2D eigenvalue weighted by molar-refractivity contribution is -0.302. The van der Waals surface area contributed by atoms with Crippen molar-refractivity contribution in [1.82, 2.24) is 5.32 Å². The molecule has 100 heavy (non-hydrogen) atoms. The minimum atomic E-state index is -1.57. The molecule has 0 aromatic heterocycles. The highest BCUT2D eigenvalue weighted by atomic mass is 16.7. The van der Waals surface area contributed by atoms with Gasteiger partial charge < -0.3 is 45.1 Å². The molecule has 588 valence electrons. The predicted octanol–water partition coefficient (Wildman–Crippen LogP) is 24.6. The van der Waals surface area contributed by atoms with E-state index in [1.54, 1.807) is 6.08 Å². The summed E-state index contributed by atoms with van der Waals surface area (Å²) in [5.41, 5.74) is 0. The van der Waals surface area contributed by atoms with E-state index in [-0.39, 0.29) is 18.5 Å². The molecule has 1 fully saturated rings. The van der Waals surface area contributed by atoms with Gasteiger partial charge in [0.25, 0.3) is 0 Å². The van der Waals surface area contributed by atoms with Gasteiger partial charge in [0.1, 0.15) is 24.4 Å². The van der Waals surface area contributed by atoms with Crippen LogP contribution < -0.4 is 5.32 Å². The topological polar surface area (TPSA) is 175 Å². The van der Waals surface area contributed by atoms with Crippen LogP contribution in [0.15, 0.2) is 48.6 Å². The number of esters is 1. The number of unbranched alkanes of at least 4 members (excludes halogenated alkanes) is 59. The fourth-order valence-corrected chi connectivity index (χ4v) is 14.1. The quantitative estimate of drug-likeness (QED) is 0.0195. The van der Waals surface area contributed by atoms with Crippen molar-refractivity contribution in [2.45, 2.75) is 487 Å². The maximum atomic E-state index is 13.1. The molecule has 0 aliphatic carbocycles. The van der Waals surface area contributed by atoms with Crippen molar-refractivity contribution in [2.24, 2.45) is 0 Å². The molecule has 0 aromatic rings. The molecule has 1 heterocycles. The van der Waals surface area contributed by atoms with E-state index in [0.29, 0.717) is 19.4 Å². The first-order valence-corrected chi connectivity index (χ1v) is 43.9. The second-order valence-corrected chi connectivity index (χ2v) is 30.6. The first-order valence-electron chi connectivity index (χ1n) is 43.9. The van der Waals surface area contributed by atoms with Crippen LogP contribution in [0.3, 0.4) is 0 Å². The molecule has 1 aliphatic heterocycles. The average molecular weight is 1410 g/mol. The van der Waals surface area contributed by atoms with Gasteiger partial charge in [-0.05, 0) is 89.9 Å². The largest absolute Gasteiger partial charge is 0.466 e. The van der Waals surface area contributed by atoms with E-state index in [9.17, 15) is 35.1 Å². The van der Waals surface area contributed by atoms with Crippen LogP contribution >= 0.6 is 0 Å². The summed E-state index contributed by atoms with van der Waals surface area (Å²) in [7, 11) is 0. The number of nitrogens with one attached hydrogen (secondary N) is 1. The van der Waals surface area contributed by atoms with Gasteiger partial charge in [0.05, 0.1) is 32.0 Å². The highest BCUT2D eigenvalue weighted by molar-refractivity contribution is 5.76. The first-order chi connectivity index (χ1) is 49.2. The van der Waals surface area contributed by atoms with E-state index >= 15 is 0 Å². The molecule has 1 rings (SSSR count). The van der Waals surface area contributed by atoms with Crippen molar-refractivity contribution >= 4 is 11.9 Å². The van der Waals surface area contributed by atoms with Gasteiger partial charge >= 0.3 is 5.97 Å². The number of aliphatic hydroxyl groups excluding tert-OH is 5. The molecular formula is C89H167NO10. The summed E-state index contributed by atoms with van der Waals surface area (Å²) in [5, 5.41) is 54.7. The SMILES string of the molecule is CCCCC/C=C\C/C=C\CCCCCCCCCCCC(=O)OCCCCCCCCCCCCCCCCCCCC/C=C\CCCCCCCCCCCCCCCCCCCC(=O)NC(COC1OC(CO)C(O)C(O)C1O)C(O)/C=C/CCCCCCCCCCCCCC. The number of carbonyl (C=O) groups is 2. The third-order valence-corrected chi connectivity index (χ3v) is 20.9. The zero-order valence-electron chi connectivity index (χ0n) is 65.9. The zero-order chi connectivity index (χ0) is 72.2. The fraction of sp³-hybridized carbons (Fsp3) is 0.888. The number of aliphatic hydroxyl groups is 5. The summed E-state index contributed by atoms with van der Waals surface area (Å²) in [6.45, 7) is 4.38. The number of carbonyl (C=O) groups excluding carboxylic acids is 2. The highest BCUT2D eigenvalue weighted by Gasteiger charge is 2.44. The summed E-state index contributed by atoms with van der Waals surface area (Å²) in [4.78, 5) is 25.3. The standard InChI is InChI=1S/C89H167NO10/c1-3-5-7-9-11-13-15-17-19-20-42-46-49-53-57-61-65-69-73-77-85(94)98-78-74-70-66-62-58-54-50-47-44-41-39-37-35-33-31-29-27-25-23-21-22-24-26-28-30-32-34-36-38-40-43-45-48-52-56-60-64-68-72-76-84(93)90-81(80-99-89-88(97)87(96)86(95)83(79-91)100-89)82(92)75-71-67-63-59-55-51-18-16-14-12-10-8-6-4-2/h11,13,17,19,21-22,71,75,81-83,86-89,91-92,95-97H,3-10,12,14-16,18,20,23-70,72-74,76-80H2,1-2H3,(H,90,93)/b13-11-,19-17-,22-21-,75-71+. The van der Waals surface area contributed by atoms with Crippen molar-refractivity contribution in [1.29, 1.82) is 0 Å². The van der Waals surface area contributed by atoms with E-state index in [1.165, 1.54) is 353 Å². The summed E-state index contributed by atoms with van der Waals surface area (Å²) in [6, 6.07) is -0.807. The molecule has 11 heteroatoms. The van der Waals surface area contributed by atoms with Crippen LogP contribution in [0.2, 0.25) is 0 Å². The van der Waals surface area contributed by atoms with Gasteiger partial charge in [-0.1, -0.05) is 390 Å². The number of rotatable bonds is 79. The minimum absolute atomic E-state index is 0.0137. The van der Waals surface area contributed by atoms with Crippen molar-refractivity contribution in [3.8, 4) is 0 Å². The van der Waals surface area contributed by atoms with Gasteiger partial charge in [0, 0.05) is 12.8 Å². The molecule has 6 N–H and O–H groups in total. The number of hydrogen-bond acceptors (Lipinski definition) is 10. The molecule has 11 nitrogen and oxygen atoms in total. The number of amides is 1. The van der Waals surface area contributed by atoms with Crippen LogP contribution in [0.5, 0.6) is 0 Å². The van der Waals surface area contributed by atoms with E-state index in [0.717, 1.165) is 64.2 Å². The lowest BCUT2D eigenvalue weighted by atomic mass is 9.99. The predicted molar refractivity (Wildman–Crippen MR) is 426 cm³/mol. The third kappa shape index (κ3) is 65.2. The second-order valence-electron chi connectivity index (χ2n) is 30.6. The van der Waals surface area contributed by atoms with E-state index in [1.807, 2.05) is 6.08 Å². The van der Waals surface area contributed by atoms with Crippen molar-refractivity contribution in [3.05, 3.63) is 48.6 Å². The Morgan fingerprint density at radius 3 is 1.04 bits per heavy atom. The molecule has 0 bridgehead atoms. The van der Waals surface area contributed by atoms with Gasteiger partial charge in [-0.2, -0.15) is 0 Å². The van der Waals surface area contributed by atoms with Gasteiger partial charge in [0.2, 0.25) is 5.91 Å². The Hall–Kier alpha value is -2.38. The van der Waals surface area contributed by atoms with Crippen LogP contribution in [0, 0.1) is 0 Å². The number of ether oxygens (including phenoxy) is 3. The summed E-state index contributed by atoms with van der Waals surface area (Å²) >= 11 is 0. The molecule has 1 amide bonds. The Morgan fingerprint density at radius 1 is 0.370 bits per heavy atom. The summed E-state index contributed by atoms with van der Waals surface area (Å²) in [6.07, 6.45) is 94.5. The zero-order valence-corrected chi connectivity index (χ0v) is 65.9. The molecule has 7 atom stereocenters. The van der Waals surface area contributed by atoms with E-state index < -0.39 is 49.5 Å². The van der Waals surface area contributed by atoms with Gasteiger partial charge in [0.15, 0.2) is 6.29 Å². The van der Waals surface area contributed by atoms with Crippen LogP contribution in [-0.4, -0.2) is 100 Å². The normalized spacial score (nSPS) is 17.3. The monoisotopic (exact) mass is 1410 g/mol. The summed E-state index contributed by atoms with van der Waals surface area (Å²) < 4.78 is 16.8. The maximum Gasteiger partial charge on any atom is 0.305 e. The van der Waals surface area contributed by atoms with Gasteiger partial charge in [-0.15, -0.1) is 0 Å². The first kappa shape index (κ1) is 95.6. The molecule has 1 saturated heterocycles. The van der Waals surface area contributed by atoms with Crippen molar-refractivity contribution < 1.29 is 49.3 Å². The molecule has 0 aromatic carbocycles. The van der Waals surface area contributed by atoms with Crippen molar-refractivity contribution in [2.75, 3.05) is 19.8 Å². The van der Waals surface area contributed by atoms with Crippen LogP contribution in [0.4, 0.5) is 0 Å². The number of hydrogen-bond donors (Lipinski definition) is 6. The average Bonchev–Trinajstić information content (AvgIpc) is 0.822. The second kappa shape index (κ2) is 77.7. The van der Waals surface area contributed by atoms with Gasteiger partial charge in [-0.3, -0.25) is 9.59 Å². The molecule has 0 spiro atoms. The molecule has 0 radical (unpaired) electrons. The molecule has 7 unspecified atom stereocenters. The van der Waals surface area contributed by atoms with Crippen LogP contribution in [-0.2, 0) is 23.8 Å². The Balaban J connectivity index is 1.87. The molecular weight excluding hydrogens is 1240 g/mol. The van der Waals surface area contributed by atoms with E-state index in [4.69, 9.17) is 14.2 Å². The lowest BCUT2D eigenvalue weighted by Gasteiger charge is -2.40.